The Balaban J connectivity index is 1.77. The van der Waals surface area contributed by atoms with Crippen LogP contribution in [0.4, 0.5) is 0 Å². The fourth-order valence-electron chi connectivity index (χ4n) is 2.13. The van der Waals surface area contributed by atoms with Gasteiger partial charge in [0.25, 0.3) is 0 Å². The lowest BCUT2D eigenvalue weighted by Crippen LogP contribution is -2.05. The standard InChI is InChI=1S/C18H15NO3/c1-13-11-19-17(22-13)16-10-6-5-9-15(16)12-21-18(20)14-7-3-2-4-8-14/h2-11H,12H2,1H3. The van der Waals surface area contributed by atoms with Crippen LogP contribution in [0, 0.1) is 6.92 Å². The number of ether oxygens (including phenoxy) is 1. The smallest absolute Gasteiger partial charge is 0.338 e. The van der Waals surface area contributed by atoms with Crippen LogP contribution >= 0.6 is 0 Å². The van der Waals surface area contributed by atoms with Crippen LogP contribution in [0.5, 0.6) is 0 Å². The molecular formula is C18H15NO3. The molecule has 0 saturated heterocycles. The topological polar surface area (TPSA) is 52.3 Å². The van der Waals surface area contributed by atoms with Crippen LogP contribution in [0.3, 0.4) is 0 Å². The molecule has 1 heterocycles. The highest BCUT2D eigenvalue weighted by atomic mass is 16.5. The highest BCUT2D eigenvalue weighted by Crippen LogP contribution is 2.24. The molecule has 0 aliphatic heterocycles. The Morgan fingerprint density at radius 2 is 1.82 bits per heavy atom. The van der Waals surface area contributed by atoms with Gasteiger partial charge in [-0.05, 0) is 25.1 Å². The highest BCUT2D eigenvalue weighted by molar-refractivity contribution is 5.89. The fourth-order valence-corrected chi connectivity index (χ4v) is 2.13. The van der Waals surface area contributed by atoms with E-state index in [4.69, 9.17) is 9.15 Å². The molecule has 110 valence electrons. The number of hydrogen-bond donors (Lipinski definition) is 0. The van der Waals surface area contributed by atoms with Gasteiger partial charge in [-0.3, -0.25) is 0 Å². The molecule has 1 aromatic heterocycles. The number of oxazole rings is 1. The number of rotatable bonds is 4. The van der Waals surface area contributed by atoms with Crippen molar-refractivity contribution in [2.75, 3.05) is 0 Å². The van der Waals surface area contributed by atoms with Crippen molar-refractivity contribution in [3.63, 3.8) is 0 Å². The average Bonchev–Trinajstić information content (AvgIpc) is 3.00. The molecule has 0 amide bonds. The second kappa shape index (κ2) is 6.26. The quantitative estimate of drug-likeness (QED) is 0.682. The van der Waals surface area contributed by atoms with Gasteiger partial charge in [-0.25, -0.2) is 9.78 Å². The molecular weight excluding hydrogens is 278 g/mol. The van der Waals surface area contributed by atoms with E-state index < -0.39 is 0 Å². The molecule has 0 radical (unpaired) electrons. The summed E-state index contributed by atoms with van der Waals surface area (Å²) in [6.07, 6.45) is 1.67. The monoisotopic (exact) mass is 293 g/mol. The van der Waals surface area contributed by atoms with Gasteiger partial charge >= 0.3 is 5.97 Å². The highest BCUT2D eigenvalue weighted by Gasteiger charge is 2.12. The van der Waals surface area contributed by atoms with E-state index in [0.717, 1.165) is 16.9 Å². The third kappa shape index (κ3) is 3.06. The number of carbonyl (C=O) groups is 1. The predicted octanol–water partition coefficient (Wildman–Crippen LogP) is 4.01. The molecule has 0 atom stereocenters. The Labute approximate surface area is 128 Å². The lowest BCUT2D eigenvalue weighted by atomic mass is 10.1. The third-order valence-electron chi connectivity index (χ3n) is 3.24. The van der Waals surface area contributed by atoms with E-state index in [1.807, 2.05) is 37.3 Å². The summed E-state index contributed by atoms with van der Waals surface area (Å²) in [5.74, 6) is 0.925. The van der Waals surface area contributed by atoms with E-state index in [9.17, 15) is 4.79 Å². The van der Waals surface area contributed by atoms with Gasteiger partial charge in [-0.1, -0.05) is 36.4 Å². The van der Waals surface area contributed by atoms with Crippen LogP contribution in [0.25, 0.3) is 11.5 Å². The number of nitrogens with zero attached hydrogens (tertiary/aromatic N) is 1. The summed E-state index contributed by atoms with van der Waals surface area (Å²) in [6.45, 7) is 2.01. The van der Waals surface area contributed by atoms with Crippen LogP contribution in [-0.2, 0) is 11.3 Å². The maximum atomic E-state index is 12.0. The zero-order valence-corrected chi connectivity index (χ0v) is 12.2. The van der Waals surface area contributed by atoms with Gasteiger partial charge in [0.1, 0.15) is 12.4 Å². The molecule has 2 aromatic carbocycles. The third-order valence-corrected chi connectivity index (χ3v) is 3.24. The zero-order valence-electron chi connectivity index (χ0n) is 12.2. The van der Waals surface area contributed by atoms with Crippen molar-refractivity contribution in [2.24, 2.45) is 0 Å². The first kappa shape index (κ1) is 14.1. The first-order chi connectivity index (χ1) is 10.7. The van der Waals surface area contributed by atoms with Crippen LogP contribution in [-0.4, -0.2) is 11.0 Å². The summed E-state index contributed by atoms with van der Waals surface area (Å²) in [4.78, 5) is 16.2. The maximum absolute atomic E-state index is 12.0. The molecule has 0 fully saturated rings. The van der Waals surface area contributed by atoms with E-state index in [1.165, 1.54) is 0 Å². The number of carbonyl (C=O) groups excluding carboxylic acids is 1. The second-order valence-electron chi connectivity index (χ2n) is 4.88. The van der Waals surface area contributed by atoms with E-state index in [1.54, 1.807) is 30.5 Å². The van der Waals surface area contributed by atoms with Crippen LogP contribution in [0.15, 0.2) is 65.2 Å². The molecule has 0 bridgehead atoms. The van der Waals surface area contributed by atoms with Gasteiger partial charge in [0.2, 0.25) is 5.89 Å². The van der Waals surface area contributed by atoms with Gasteiger partial charge in [-0.15, -0.1) is 0 Å². The largest absolute Gasteiger partial charge is 0.457 e. The molecule has 22 heavy (non-hydrogen) atoms. The number of esters is 1. The van der Waals surface area contributed by atoms with Crippen molar-refractivity contribution < 1.29 is 13.9 Å². The normalized spacial score (nSPS) is 10.4. The summed E-state index contributed by atoms with van der Waals surface area (Å²) >= 11 is 0. The zero-order chi connectivity index (χ0) is 15.4. The van der Waals surface area contributed by atoms with E-state index in [-0.39, 0.29) is 12.6 Å². The van der Waals surface area contributed by atoms with Gasteiger partial charge < -0.3 is 9.15 Å². The first-order valence-electron chi connectivity index (χ1n) is 6.97. The van der Waals surface area contributed by atoms with Crippen LogP contribution < -0.4 is 0 Å². The Hall–Kier alpha value is -2.88. The lowest BCUT2D eigenvalue weighted by Gasteiger charge is -2.08. The fraction of sp³-hybridized carbons (Fsp3) is 0.111. The predicted molar refractivity (Wildman–Crippen MR) is 82.2 cm³/mol. The summed E-state index contributed by atoms with van der Waals surface area (Å²) < 4.78 is 10.9. The SMILES string of the molecule is Cc1cnc(-c2ccccc2COC(=O)c2ccccc2)o1. The van der Waals surface area contributed by atoms with Gasteiger partial charge in [-0.2, -0.15) is 0 Å². The first-order valence-corrected chi connectivity index (χ1v) is 6.97. The van der Waals surface area contributed by atoms with Crippen molar-refractivity contribution in [1.29, 1.82) is 0 Å². The minimum atomic E-state index is -0.348. The van der Waals surface area contributed by atoms with E-state index in [0.29, 0.717) is 11.5 Å². The average molecular weight is 293 g/mol. The van der Waals surface area contributed by atoms with Crippen molar-refractivity contribution in [3.8, 4) is 11.5 Å². The lowest BCUT2D eigenvalue weighted by molar-refractivity contribution is 0.0473. The molecule has 0 aliphatic rings. The molecule has 0 saturated carbocycles. The summed E-state index contributed by atoms with van der Waals surface area (Å²) in [7, 11) is 0. The van der Waals surface area contributed by atoms with Crippen LogP contribution in [0.1, 0.15) is 21.7 Å². The Morgan fingerprint density at radius 3 is 2.55 bits per heavy atom. The van der Waals surface area contributed by atoms with E-state index >= 15 is 0 Å². The second-order valence-corrected chi connectivity index (χ2v) is 4.88. The van der Waals surface area contributed by atoms with Crippen molar-refractivity contribution in [1.82, 2.24) is 4.98 Å². The number of hydrogen-bond acceptors (Lipinski definition) is 4. The molecule has 0 aliphatic carbocycles. The summed E-state index contributed by atoms with van der Waals surface area (Å²) in [5, 5.41) is 0. The number of benzene rings is 2. The van der Waals surface area contributed by atoms with E-state index in [2.05, 4.69) is 4.98 Å². The molecule has 4 heteroatoms. The van der Waals surface area contributed by atoms with Crippen molar-refractivity contribution in [2.45, 2.75) is 13.5 Å². The van der Waals surface area contributed by atoms with Gasteiger partial charge in [0.05, 0.1) is 11.8 Å². The van der Waals surface area contributed by atoms with Crippen molar-refractivity contribution in [3.05, 3.63) is 77.7 Å². The Morgan fingerprint density at radius 1 is 1.09 bits per heavy atom. The summed E-state index contributed by atoms with van der Waals surface area (Å²) in [6, 6.07) is 16.5. The Kier molecular flexibility index (Phi) is 4.01. The van der Waals surface area contributed by atoms with Gasteiger partial charge in [0, 0.05) is 11.1 Å². The molecule has 0 unspecified atom stereocenters. The molecule has 4 nitrogen and oxygen atoms in total. The summed E-state index contributed by atoms with van der Waals surface area (Å²) in [5.41, 5.74) is 2.22. The maximum Gasteiger partial charge on any atom is 0.338 e. The minimum Gasteiger partial charge on any atom is -0.457 e. The van der Waals surface area contributed by atoms with Crippen molar-refractivity contribution >= 4 is 5.97 Å². The molecule has 3 aromatic rings. The van der Waals surface area contributed by atoms with Gasteiger partial charge in [0.15, 0.2) is 0 Å². The molecule has 0 N–H and O–H groups in total. The molecule has 3 rings (SSSR count). The number of aromatic nitrogens is 1. The number of aryl methyl sites for hydroxylation is 1. The Bertz CT molecular complexity index is 778. The molecule has 0 spiro atoms. The van der Waals surface area contributed by atoms with Crippen LogP contribution in [0.2, 0.25) is 0 Å². The minimum absolute atomic E-state index is 0.172.